The van der Waals surface area contributed by atoms with Crippen LogP contribution >= 0.6 is 23.2 Å². The molecule has 3 heteroatoms. The lowest BCUT2D eigenvalue weighted by molar-refractivity contribution is 0.100. The fraction of sp³-hybridized carbons (Fsp3) is 0.533. The molecule has 0 aliphatic heterocycles. The predicted molar refractivity (Wildman–Crippen MR) is 73.8 cm³/mol. The van der Waals surface area contributed by atoms with E-state index in [9.17, 15) is 5.26 Å². The molecular formula is C15H15Cl2N. The number of hydrogen-bond acceptors (Lipinski definition) is 1. The van der Waals surface area contributed by atoms with Gasteiger partial charge >= 0.3 is 0 Å². The molecule has 0 heterocycles. The van der Waals surface area contributed by atoms with Crippen LogP contribution in [-0.4, -0.2) is 0 Å². The van der Waals surface area contributed by atoms with Gasteiger partial charge in [-0.1, -0.05) is 29.3 Å². The fourth-order valence-electron chi connectivity index (χ4n) is 3.83. The molecule has 0 N–H and O–H groups in total. The van der Waals surface area contributed by atoms with Gasteiger partial charge in [-0.25, -0.2) is 0 Å². The van der Waals surface area contributed by atoms with Crippen molar-refractivity contribution in [3.05, 3.63) is 33.8 Å². The minimum absolute atomic E-state index is 0.162. The second-order valence-electron chi connectivity index (χ2n) is 5.53. The molecule has 2 atom stereocenters. The van der Waals surface area contributed by atoms with Gasteiger partial charge in [0.2, 0.25) is 0 Å². The van der Waals surface area contributed by atoms with Crippen molar-refractivity contribution in [2.75, 3.05) is 0 Å². The van der Waals surface area contributed by atoms with Crippen molar-refractivity contribution in [3.63, 3.8) is 0 Å². The normalized spacial score (nSPS) is 34.3. The zero-order chi connectivity index (χ0) is 12.7. The summed E-state index contributed by atoms with van der Waals surface area (Å²) in [6.45, 7) is 0. The minimum Gasteiger partial charge on any atom is -0.198 e. The Morgan fingerprint density at radius 2 is 1.67 bits per heavy atom. The first-order valence-electron chi connectivity index (χ1n) is 6.55. The molecule has 0 radical (unpaired) electrons. The molecule has 1 nitrogen and oxygen atoms in total. The molecular weight excluding hydrogens is 265 g/mol. The molecule has 0 aromatic heterocycles. The molecule has 2 bridgehead atoms. The average molecular weight is 280 g/mol. The van der Waals surface area contributed by atoms with Gasteiger partial charge in [-0.15, -0.1) is 0 Å². The van der Waals surface area contributed by atoms with Gasteiger partial charge in [0, 0.05) is 5.92 Å². The molecule has 1 aromatic carbocycles. The maximum Gasteiger partial charge on any atom is 0.0665 e. The zero-order valence-corrected chi connectivity index (χ0v) is 11.6. The Morgan fingerprint density at radius 3 is 2.28 bits per heavy atom. The summed E-state index contributed by atoms with van der Waals surface area (Å²) in [5, 5.41) is 10.7. The van der Waals surface area contributed by atoms with Crippen molar-refractivity contribution in [2.24, 2.45) is 17.8 Å². The van der Waals surface area contributed by atoms with Crippen LogP contribution in [0.2, 0.25) is 10.0 Å². The molecule has 94 valence electrons. The predicted octanol–water partition coefficient (Wildman–Crippen LogP) is 5.04. The van der Waals surface area contributed by atoms with Crippen molar-refractivity contribution < 1.29 is 0 Å². The number of nitrogens with zero attached hydrogens (tertiary/aromatic N) is 1. The third kappa shape index (κ3) is 1.92. The zero-order valence-electron chi connectivity index (χ0n) is 10.1. The maximum absolute atomic E-state index is 9.46. The van der Waals surface area contributed by atoms with E-state index in [2.05, 4.69) is 6.07 Å². The highest BCUT2D eigenvalue weighted by Crippen LogP contribution is 2.53. The van der Waals surface area contributed by atoms with Crippen LogP contribution in [0.1, 0.15) is 37.2 Å². The second-order valence-corrected chi connectivity index (χ2v) is 6.34. The van der Waals surface area contributed by atoms with Crippen LogP contribution in [-0.2, 0) is 0 Å². The molecule has 4 rings (SSSR count). The van der Waals surface area contributed by atoms with Crippen LogP contribution in [0.5, 0.6) is 0 Å². The summed E-state index contributed by atoms with van der Waals surface area (Å²) < 4.78 is 0. The summed E-state index contributed by atoms with van der Waals surface area (Å²) in [5.74, 6) is 1.75. The molecule has 3 aliphatic carbocycles. The number of benzene rings is 1. The molecule has 0 amide bonds. The highest BCUT2D eigenvalue weighted by atomic mass is 35.5. The van der Waals surface area contributed by atoms with Crippen molar-refractivity contribution in [3.8, 4) is 6.07 Å². The molecule has 1 aromatic rings. The van der Waals surface area contributed by atoms with Gasteiger partial charge in [-0.05, 0) is 55.2 Å². The number of rotatable bonds is 1. The Labute approximate surface area is 118 Å². The van der Waals surface area contributed by atoms with E-state index >= 15 is 0 Å². The summed E-state index contributed by atoms with van der Waals surface area (Å²) in [7, 11) is 0. The average Bonchev–Trinajstić information content (AvgIpc) is 2.42. The summed E-state index contributed by atoms with van der Waals surface area (Å²) in [5.41, 5.74) is 1.20. The quantitative estimate of drug-likeness (QED) is 0.707. The van der Waals surface area contributed by atoms with Gasteiger partial charge in [0.25, 0.3) is 0 Å². The number of fused-ring (bicyclic) bond motifs is 3. The lowest BCUT2D eigenvalue weighted by Gasteiger charge is -2.46. The van der Waals surface area contributed by atoms with Crippen LogP contribution in [0, 0.1) is 29.1 Å². The number of nitriles is 1. The van der Waals surface area contributed by atoms with Gasteiger partial charge in [0.05, 0.1) is 22.0 Å². The van der Waals surface area contributed by atoms with Crippen LogP contribution in [0.25, 0.3) is 0 Å². The summed E-state index contributed by atoms with van der Waals surface area (Å²) in [6.07, 6.45) is 4.96. The van der Waals surface area contributed by atoms with Crippen molar-refractivity contribution in [2.45, 2.75) is 31.6 Å². The van der Waals surface area contributed by atoms with Crippen molar-refractivity contribution in [1.82, 2.24) is 0 Å². The van der Waals surface area contributed by atoms with Gasteiger partial charge in [0.1, 0.15) is 0 Å². The molecule has 0 saturated heterocycles. The van der Waals surface area contributed by atoms with Crippen LogP contribution < -0.4 is 0 Å². The smallest absolute Gasteiger partial charge is 0.0665 e. The van der Waals surface area contributed by atoms with E-state index in [4.69, 9.17) is 23.2 Å². The molecule has 0 unspecified atom stereocenters. The molecule has 18 heavy (non-hydrogen) atoms. The highest BCUT2D eigenvalue weighted by Gasteiger charge is 2.44. The largest absolute Gasteiger partial charge is 0.198 e. The van der Waals surface area contributed by atoms with E-state index in [0.29, 0.717) is 27.8 Å². The molecule has 3 aliphatic rings. The minimum atomic E-state index is 0.162. The van der Waals surface area contributed by atoms with Gasteiger partial charge in [-0.3, -0.25) is 0 Å². The van der Waals surface area contributed by atoms with Gasteiger partial charge < -0.3 is 0 Å². The Hall–Kier alpha value is -0.710. The van der Waals surface area contributed by atoms with E-state index in [0.717, 1.165) is 0 Å². The second kappa shape index (κ2) is 4.76. The van der Waals surface area contributed by atoms with Crippen molar-refractivity contribution >= 4 is 23.2 Å². The first-order chi connectivity index (χ1) is 8.70. The van der Waals surface area contributed by atoms with Crippen LogP contribution in [0.4, 0.5) is 0 Å². The Kier molecular flexibility index (Phi) is 3.26. The number of hydrogen-bond donors (Lipinski definition) is 0. The third-order valence-corrected chi connectivity index (χ3v) is 5.44. The molecule has 3 saturated carbocycles. The first-order valence-corrected chi connectivity index (χ1v) is 7.31. The van der Waals surface area contributed by atoms with Gasteiger partial charge in [0.15, 0.2) is 0 Å². The van der Waals surface area contributed by atoms with E-state index < -0.39 is 0 Å². The topological polar surface area (TPSA) is 23.8 Å². The number of halogens is 2. The maximum atomic E-state index is 9.46. The summed E-state index contributed by atoms with van der Waals surface area (Å²) >= 11 is 12.1. The van der Waals surface area contributed by atoms with E-state index in [1.807, 2.05) is 18.2 Å². The summed E-state index contributed by atoms with van der Waals surface area (Å²) in [4.78, 5) is 0. The Morgan fingerprint density at radius 1 is 1.00 bits per heavy atom. The summed E-state index contributed by atoms with van der Waals surface area (Å²) in [6, 6.07) is 8.40. The lowest BCUT2D eigenvalue weighted by Crippen LogP contribution is -2.37. The SMILES string of the molecule is N#C[C@@H]1C2CCC(CC2)[C@@H]1c1ccc(Cl)c(Cl)c1. The Bertz CT molecular complexity index is 498. The Balaban J connectivity index is 1.99. The van der Waals surface area contributed by atoms with Crippen LogP contribution in [0.3, 0.4) is 0 Å². The van der Waals surface area contributed by atoms with E-state index in [1.165, 1.54) is 31.2 Å². The van der Waals surface area contributed by atoms with Crippen LogP contribution in [0.15, 0.2) is 18.2 Å². The molecule has 0 spiro atoms. The van der Waals surface area contributed by atoms with Crippen molar-refractivity contribution in [1.29, 1.82) is 5.26 Å². The van der Waals surface area contributed by atoms with E-state index in [1.54, 1.807) is 0 Å². The third-order valence-electron chi connectivity index (χ3n) is 4.70. The first kappa shape index (κ1) is 12.3. The highest BCUT2D eigenvalue weighted by molar-refractivity contribution is 6.42. The lowest BCUT2D eigenvalue weighted by atomic mass is 9.57. The fourth-order valence-corrected chi connectivity index (χ4v) is 4.14. The standard InChI is InChI=1S/C15H15Cl2N/c16-13-6-5-11(7-14(13)17)15-10-3-1-9(2-4-10)12(15)8-18/h5-7,9-10,12,15H,1-4H2/t9?,10?,12-,15-/m1/s1. The monoisotopic (exact) mass is 279 g/mol. The van der Waals surface area contributed by atoms with Gasteiger partial charge in [-0.2, -0.15) is 5.26 Å². The molecule has 3 fully saturated rings. The van der Waals surface area contributed by atoms with E-state index in [-0.39, 0.29) is 5.92 Å².